The van der Waals surface area contributed by atoms with Crippen molar-refractivity contribution in [3.8, 4) is 17.3 Å². The molecule has 0 bridgehead atoms. The first-order valence-electron chi connectivity index (χ1n) is 9.79. The first kappa shape index (κ1) is 18.9. The molecule has 0 N–H and O–H groups in total. The highest BCUT2D eigenvalue weighted by Crippen LogP contribution is 2.37. The van der Waals surface area contributed by atoms with Gasteiger partial charge in [-0.2, -0.15) is 0 Å². The summed E-state index contributed by atoms with van der Waals surface area (Å²) in [6.07, 6.45) is 2.44. The molecule has 0 amide bonds. The van der Waals surface area contributed by atoms with E-state index in [9.17, 15) is 4.79 Å². The first-order valence-corrected chi connectivity index (χ1v) is 10.2. The second-order valence-corrected chi connectivity index (χ2v) is 8.05. The Morgan fingerprint density at radius 1 is 1.20 bits per heavy atom. The maximum atomic E-state index is 12.1. The molecule has 0 saturated heterocycles. The third-order valence-electron chi connectivity index (χ3n) is 5.65. The van der Waals surface area contributed by atoms with Crippen molar-refractivity contribution in [3.63, 3.8) is 0 Å². The summed E-state index contributed by atoms with van der Waals surface area (Å²) in [5.41, 5.74) is 3.71. The van der Waals surface area contributed by atoms with E-state index in [0.717, 1.165) is 34.6 Å². The number of hydrogen-bond donors (Lipinski definition) is 0. The van der Waals surface area contributed by atoms with Gasteiger partial charge in [0.05, 0.1) is 31.0 Å². The zero-order chi connectivity index (χ0) is 21.0. The molecular weight excluding hydrogens is 404 g/mol. The van der Waals surface area contributed by atoms with Crippen molar-refractivity contribution in [1.82, 2.24) is 19.1 Å². The molecule has 7 nitrogen and oxygen atoms in total. The van der Waals surface area contributed by atoms with E-state index in [-0.39, 0.29) is 0 Å². The van der Waals surface area contributed by atoms with Crippen molar-refractivity contribution in [1.29, 1.82) is 0 Å². The van der Waals surface area contributed by atoms with Crippen LogP contribution in [-0.2, 0) is 18.3 Å². The smallest absolute Gasteiger partial charge is 0.338 e. The summed E-state index contributed by atoms with van der Waals surface area (Å²) in [4.78, 5) is 21.5. The second kappa shape index (κ2) is 7.02. The fraction of sp³-hybridized carbons (Fsp3) is 0.318. The van der Waals surface area contributed by atoms with Gasteiger partial charge in [0.1, 0.15) is 22.1 Å². The van der Waals surface area contributed by atoms with E-state index >= 15 is 0 Å². The number of nitrogens with zero attached hydrogens (tertiary/aromatic N) is 4. The zero-order valence-corrected chi connectivity index (χ0v) is 17.7. The van der Waals surface area contributed by atoms with Gasteiger partial charge in [-0.25, -0.2) is 14.8 Å². The number of fused-ring (bicyclic) bond motifs is 2. The van der Waals surface area contributed by atoms with Crippen LogP contribution < -0.4 is 4.74 Å². The Kier molecular flexibility index (Phi) is 4.43. The largest absolute Gasteiger partial charge is 0.494 e. The molecule has 1 aromatic carbocycles. The molecule has 4 aromatic rings. The number of esters is 1. The Morgan fingerprint density at radius 2 is 2.00 bits per heavy atom. The quantitative estimate of drug-likeness (QED) is 0.349. The number of pyridine rings is 1. The molecule has 0 spiro atoms. The monoisotopic (exact) mass is 424 g/mol. The van der Waals surface area contributed by atoms with Crippen molar-refractivity contribution >= 4 is 39.6 Å². The Bertz CT molecular complexity index is 1300. The summed E-state index contributed by atoms with van der Waals surface area (Å²) >= 11 is 6.19. The van der Waals surface area contributed by atoms with Crippen LogP contribution in [0.5, 0.6) is 5.75 Å². The maximum absolute atomic E-state index is 12.1. The number of methoxy groups -OCH3 is 2. The summed E-state index contributed by atoms with van der Waals surface area (Å²) in [7, 11) is 4.89. The predicted octanol–water partition coefficient (Wildman–Crippen LogP) is 4.45. The number of carbonyl (C=O) groups is 1. The number of carbonyl (C=O) groups excluding carboxylic acids is 1. The lowest BCUT2D eigenvalue weighted by atomic mass is 10.2. The van der Waals surface area contributed by atoms with Crippen LogP contribution in [0.2, 0.25) is 5.15 Å². The average molecular weight is 425 g/mol. The molecular formula is C22H21ClN4O3. The molecule has 8 heteroatoms. The van der Waals surface area contributed by atoms with Crippen LogP contribution >= 0.6 is 11.6 Å². The number of aromatic nitrogens is 4. The average Bonchev–Trinajstić information content (AvgIpc) is 3.42. The fourth-order valence-corrected chi connectivity index (χ4v) is 4.11. The van der Waals surface area contributed by atoms with E-state index in [1.165, 1.54) is 20.0 Å². The minimum absolute atomic E-state index is 0.401. The summed E-state index contributed by atoms with van der Waals surface area (Å²) in [5, 5.41) is 1.49. The Morgan fingerprint density at radius 3 is 2.70 bits per heavy atom. The Balaban J connectivity index is 1.76. The molecule has 5 rings (SSSR count). The highest BCUT2D eigenvalue weighted by molar-refractivity contribution is 6.29. The van der Waals surface area contributed by atoms with Gasteiger partial charge < -0.3 is 18.6 Å². The Labute approximate surface area is 178 Å². The van der Waals surface area contributed by atoms with Gasteiger partial charge in [0, 0.05) is 19.0 Å². The summed E-state index contributed by atoms with van der Waals surface area (Å²) < 4.78 is 14.6. The van der Waals surface area contributed by atoms with Gasteiger partial charge >= 0.3 is 5.97 Å². The minimum Gasteiger partial charge on any atom is -0.494 e. The van der Waals surface area contributed by atoms with Crippen LogP contribution in [-0.4, -0.2) is 39.3 Å². The van der Waals surface area contributed by atoms with Crippen molar-refractivity contribution in [2.24, 2.45) is 13.0 Å². The molecule has 1 fully saturated rings. The van der Waals surface area contributed by atoms with Crippen LogP contribution in [0.1, 0.15) is 23.2 Å². The summed E-state index contributed by atoms with van der Waals surface area (Å²) in [5.74, 6) is 1.57. The maximum Gasteiger partial charge on any atom is 0.338 e. The van der Waals surface area contributed by atoms with Gasteiger partial charge in [0.15, 0.2) is 5.82 Å². The second-order valence-electron chi connectivity index (χ2n) is 7.66. The zero-order valence-electron chi connectivity index (χ0n) is 17.0. The van der Waals surface area contributed by atoms with Gasteiger partial charge in [0.25, 0.3) is 0 Å². The van der Waals surface area contributed by atoms with Crippen molar-refractivity contribution in [3.05, 3.63) is 41.0 Å². The third kappa shape index (κ3) is 3.01. The van der Waals surface area contributed by atoms with E-state index in [1.54, 1.807) is 25.3 Å². The molecule has 1 saturated carbocycles. The Hall–Kier alpha value is -3.06. The molecule has 3 heterocycles. The highest BCUT2D eigenvalue weighted by Gasteiger charge is 2.26. The normalized spacial score (nSPS) is 13.9. The summed E-state index contributed by atoms with van der Waals surface area (Å²) in [6.45, 7) is 0.875. The van der Waals surface area contributed by atoms with Crippen LogP contribution in [0, 0.1) is 5.92 Å². The standard InChI is InChI=1S/C22H21ClN4O3/c1-26-19-15(8-14(22(28)30-3)10-17(19)29-2)24-21(26)16-9-13-6-7-18(23)25-20(13)27(16)11-12-4-5-12/h6-10,12H,4-5,11H2,1-3H3. The molecule has 0 unspecified atom stereocenters. The van der Waals surface area contributed by atoms with Gasteiger partial charge in [-0.05, 0) is 49.1 Å². The summed E-state index contributed by atoms with van der Waals surface area (Å²) in [6, 6.07) is 9.29. The first-order chi connectivity index (χ1) is 14.5. The number of imidazole rings is 1. The predicted molar refractivity (Wildman–Crippen MR) is 115 cm³/mol. The lowest BCUT2D eigenvalue weighted by Crippen LogP contribution is -2.05. The van der Waals surface area contributed by atoms with Gasteiger partial charge in [0.2, 0.25) is 0 Å². The number of aryl methyl sites for hydroxylation is 1. The minimum atomic E-state index is -0.427. The lowest BCUT2D eigenvalue weighted by molar-refractivity contribution is 0.0600. The van der Waals surface area contributed by atoms with Gasteiger partial charge in [-0.15, -0.1) is 0 Å². The number of ether oxygens (including phenoxy) is 2. The van der Waals surface area contributed by atoms with E-state index in [4.69, 9.17) is 26.1 Å². The van der Waals surface area contributed by atoms with Crippen molar-refractivity contribution < 1.29 is 14.3 Å². The SMILES string of the molecule is COC(=O)c1cc(OC)c2c(c1)nc(-c1cc3ccc(Cl)nc3n1CC1CC1)n2C. The van der Waals surface area contributed by atoms with Crippen molar-refractivity contribution in [2.45, 2.75) is 19.4 Å². The van der Waals surface area contributed by atoms with Crippen LogP contribution in [0.25, 0.3) is 33.6 Å². The van der Waals surface area contributed by atoms with Gasteiger partial charge in [-0.3, -0.25) is 0 Å². The van der Waals surface area contributed by atoms with E-state index in [2.05, 4.69) is 15.6 Å². The lowest BCUT2D eigenvalue weighted by Gasteiger charge is -2.10. The number of halogens is 1. The topological polar surface area (TPSA) is 71.2 Å². The fourth-order valence-electron chi connectivity index (χ4n) is 3.96. The molecule has 0 atom stereocenters. The molecule has 1 aliphatic carbocycles. The highest BCUT2D eigenvalue weighted by atomic mass is 35.5. The third-order valence-corrected chi connectivity index (χ3v) is 5.86. The number of benzene rings is 1. The number of rotatable bonds is 5. The van der Waals surface area contributed by atoms with Crippen LogP contribution in [0.15, 0.2) is 30.3 Å². The molecule has 3 aromatic heterocycles. The van der Waals surface area contributed by atoms with Crippen LogP contribution in [0.3, 0.4) is 0 Å². The van der Waals surface area contributed by atoms with E-state index in [1.807, 2.05) is 17.7 Å². The molecule has 0 aliphatic heterocycles. The number of hydrogen-bond acceptors (Lipinski definition) is 5. The van der Waals surface area contributed by atoms with E-state index in [0.29, 0.717) is 27.9 Å². The molecule has 0 radical (unpaired) electrons. The van der Waals surface area contributed by atoms with Gasteiger partial charge in [-0.1, -0.05) is 11.6 Å². The molecule has 1 aliphatic rings. The van der Waals surface area contributed by atoms with Crippen LogP contribution in [0.4, 0.5) is 0 Å². The molecule has 154 valence electrons. The van der Waals surface area contributed by atoms with Crippen molar-refractivity contribution in [2.75, 3.05) is 14.2 Å². The van der Waals surface area contributed by atoms with E-state index < -0.39 is 5.97 Å². The molecule has 30 heavy (non-hydrogen) atoms.